The minimum absolute atomic E-state index is 0.474. The molecule has 19 heavy (non-hydrogen) atoms. The van der Waals surface area contributed by atoms with Crippen LogP contribution in [-0.4, -0.2) is 37.4 Å². The molecular formula is C12H18N2O4S. The predicted molar refractivity (Wildman–Crippen MR) is 72.3 cm³/mol. The number of carboxylic acid groups (broad SMARTS) is 1. The van der Waals surface area contributed by atoms with Crippen LogP contribution >= 0.6 is 11.3 Å². The van der Waals surface area contributed by atoms with Gasteiger partial charge in [-0.2, -0.15) is 0 Å². The van der Waals surface area contributed by atoms with Crippen LogP contribution in [0.15, 0.2) is 17.5 Å². The number of hydrogen-bond acceptors (Lipinski definition) is 4. The van der Waals surface area contributed by atoms with Crippen molar-refractivity contribution in [2.75, 3.05) is 20.3 Å². The number of amides is 2. The number of methoxy groups -OCH3 is 1. The number of carbonyl (C=O) groups is 2. The van der Waals surface area contributed by atoms with Crippen LogP contribution < -0.4 is 10.6 Å². The molecule has 1 aromatic heterocycles. The van der Waals surface area contributed by atoms with Crippen molar-refractivity contribution < 1.29 is 19.4 Å². The third-order valence-electron chi connectivity index (χ3n) is 2.41. The molecule has 0 radical (unpaired) electrons. The number of ether oxygens (including phenoxy) is 1. The lowest BCUT2D eigenvalue weighted by Crippen LogP contribution is -2.41. The lowest BCUT2D eigenvalue weighted by molar-refractivity contribution is -0.139. The van der Waals surface area contributed by atoms with Crippen LogP contribution in [0.2, 0.25) is 0 Å². The van der Waals surface area contributed by atoms with E-state index in [2.05, 4.69) is 10.6 Å². The van der Waals surface area contributed by atoms with Gasteiger partial charge >= 0.3 is 12.0 Å². The standard InChI is InChI=1S/C12H18N2O4S/c1-18-7-3-2-6-13-12(17)14-10(11(15)16)9-5-4-8-19-9/h4-5,8,10H,2-3,6-7H2,1H3,(H,15,16)(H2,13,14,17). The first-order chi connectivity index (χ1) is 9.15. The van der Waals surface area contributed by atoms with E-state index >= 15 is 0 Å². The lowest BCUT2D eigenvalue weighted by Gasteiger charge is -2.13. The van der Waals surface area contributed by atoms with Gasteiger partial charge in [-0.25, -0.2) is 9.59 Å². The Morgan fingerprint density at radius 3 is 2.84 bits per heavy atom. The van der Waals surface area contributed by atoms with Crippen LogP contribution in [-0.2, 0) is 9.53 Å². The first-order valence-corrected chi connectivity index (χ1v) is 6.82. The van der Waals surface area contributed by atoms with E-state index in [0.717, 1.165) is 12.8 Å². The molecule has 0 aliphatic carbocycles. The maximum atomic E-state index is 11.6. The third-order valence-corrected chi connectivity index (χ3v) is 3.35. The monoisotopic (exact) mass is 286 g/mol. The highest BCUT2D eigenvalue weighted by molar-refractivity contribution is 7.10. The number of thiophene rings is 1. The van der Waals surface area contributed by atoms with Crippen molar-refractivity contribution in [3.05, 3.63) is 22.4 Å². The van der Waals surface area contributed by atoms with Gasteiger partial charge in [0.15, 0.2) is 6.04 Å². The molecule has 1 atom stereocenters. The normalized spacial score (nSPS) is 11.8. The Balaban J connectivity index is 2.34. The largest absolute Gasteiger partial charge is 0.479 e. The van der Waals surface area contributed by atoms with Gasteiger partial charge in [0.25, 0.3) is 0 Å². The summed E-state index contributed by atoms with van der Waals surface area (Å²) in [5.41, 5.74) is 0. The highest BCUT2D eigenvalue weighted by Crippen LogP contribution is 2.18. The Hall–Kier alpha value is -1.60. The van der Waals surface area contributed by atoms with Crippen LogP contribution in [0.4, 0.5) is 4.79 Å². The highest BCUT2D eigenvalue weighted by atomic mass is 32.1. The summed E-state index contributed by atoms with van der Waals surface area (Å²) in [6.45, 7) is 1.14. The predicted octanol–water partition coefficient (Wildman–Crippen LogP) is 1.60. The molecule has 7 heteroatoms. The van der Waals surface area contributed by atoms with Crippen molar-refractivity contribution in [1.29, 1.82) is 0 Å². The molecule has 0 aromatic carbocycles. The molecule has 1 rings (SSSR count). The van der Waals surface area contributed by atoms with Gasteiger partial charge in [-0.3, -0.25) is 0 Å². The number of nitrogens with one attached hydrogen (secondary N) is 2. The van der Waals surface area contributed by atoms with Crippen molar-refractivity contribution >= 4 is 23.3 Å². The molecule has 0 fully saturated rings. The van der Waals surface area contributed by atoms with Gasteiger partial charge in [-0.15, -0.1) is 11.3 Å². The maximum Gasteiger partial charge on any atom is 0.331 e. The zero-order valence-electron chi connectivity index (χ0n) is 10.7. The number of unbranched alkanes of at least 4 members (excludes halogenated alkanes) is 1. The van der Waals surface area contributed by atoms with Crippen molar-refractivity contribution in [3.8, 4) is 0 Å². The molecule has 1 aromatic rings. The molecule has 1 heterocycles. The van der Waals surface area contributed by atoms with Crippen molar-refractivity contribution in [3.63, 3.8) is 0 Å². The van der Waals surface area contributed by atoms with Gasteiger partial charge in [0.1, 0.15) is 0 Å². The smallest absolute Gasteiger partial charge is 0.331 e. The van der Waals surface area contributed by atoms with Gasteiger partial charge in [0.05, 0.1) is 0 Å². The zero-order valence-corrected chi connectivity index (χ0v) is 11.5. The summed E-state index contributed by atoms with van der Waals surface area (Å²) in [6.07, 6.45) is 1.64. The first kappa shape index (κ1) is 15.5. The van der Waals surface area contributed by atoms with E-state index in [0.29, 0.717) is 18.0 Å². The summed E-state index contributed by atoms with van der Waals surface area (Å²) < 4.78 is 4.89. The average molecular weight is 286 g/mol. The van der Waals surface area contributed by atoms with Crippen molar-refractivity contribution in [1.82, 2.24) is 10.6 Å². The summed E-state index contributed by atoms with van der Waals surface area (Å²) in [5.74, 6) is -1.07. The number of hydrogen-bond donors (Lipinski definition) is 3. The fraction of sp³-hybridized carbons (Fsp3) is 0.500. The van der Waals surface area contributed by atoms with E-state index < -0.39 is 18.0 Å². The molecule has 0 aliphatic heterocycles. The molecule has 0 spiro atoms. The summed E-state index contributed by atoms with van der Waals surface area (Å²) in [5, 5.41) is 15.9. The fourth-order valence-corrected chi connectivity index (χ4v) is 2.23. The first-order valence-electron chi connectivity index (χ1n) is 5.94. The zero-order chi connectivity index (χ0) is 14.1. The Morgan fingerprint density at radius 1 is 1.47 bits per heavy atom. The fourth-order valence-electron chi connectivity index (χ4n) is 1.47. The van der Waals surface area contributed by atoms with Gasteiger partial charge in [-0.05, 0) is 24.3 Å². The molecule has 0 saturated heterocycles. The van der Waals surface area contributed by atoms with Crippen LogP contribution in [0.1, 0.15) is 23.8 Å². The Morgan fingerprint density at radius 2 is 2.26 bits per heavy atom. The minimum Gasteiger partial charge on any atom is -0.479 e. The number of rotatable bonds is 8. The molecule has 1 unspecified atom stereocenters. The number of aliphatic carboxylic acids is 1. The topological polar surface area (TPSA) is 87.7 Å². The second kappa shape index (κ2) is 8.49. The molecule has 2 amide bonds. The molecule has 0 aliphatic rings. The van der Waals surface area contributed by atoms with E-state index in [1.165, 1.54) is 11.3 Å². The minimum atomic E-state index is -1.07. The molecule has 0 saturated carbocycles. The van der Waals surface area contributed by atoms with E-state index in [1.54, 1.807) is 24.6 Å². The van der Waals surface area contributed by atoms with E-state index in [4.69, 9.17) is 9.84 Å². The SMILES string of the molecule is COCCCCNC(=O)NC(C(=O)O)c1cccs1. The summed E-state index contributed by atoms with van der Waals surface area (Å²) in [4.78, 5) is 23.3. The van der Waals surface area contributed by atoms with Gasteiger partial charge in [-0.1, -0.05) is 6.07 Å². The Labute approximate surface area is 115 Å². The van der Waals surface area contributed by atoms with Gasteiger partial charge < -0.3 is 20.5 Å². The van der Waals surface area contributed by atoms with Crippen LogP contribution in [0.25, 0.3) is 0 Å². The highest BCUT2D eigenvalue weighted by Gasteiger charge is 2.22. The second-order valence-corrected chi connectivity index (χ2v) is 4.87. The van der Waals surface area contributed by atoms with Crippen molar-refractivity contribution in [2.24, 2.45) is 0 Å². The average Bonchev–Trinajstić information content (AvgIpc) is 2.89. The molecule has 6 nitrogen and oxygen atoms in total. The van der Waals surface area contributed by atoms with Crippen LogP contribution in [0, 0.1) is 0 Å². The van der Waals surface area contributed by atoms with E-state index in [1.807, 2.05) is 0 Å². The summed E-state index contributed by atoms with van der Waals surface area (Å²) >= 11 is 1.30. The van der Waals surface area contributed by atoms with Gasteiger partial charge in [0.2, 0.25) is 0 Å². The molecular weight excluding hydrogens is 268 g/mol. The van der Waals surface area contributed by atoms with E-state index in [9.17, 15) is 9.59 Å². The number of urea groups is 1. The quantitative estimate of drug-likeness (QED) is 0.633. The number of carbonyl (C=O) groups excluding carboxylic acids is 1. The Kier molecular flexibility index (Phi) is 6.91. The number of carboxylic acids is 1. The van der Waals surface area contributed by atoms with Crippen LogP contribution in [0.5, 0.6) is 0 Å². The van der Waals surface area contributed by atoms with Crippen LogP contribution in [0.3, 0.4) is 0 Å². The third kappa shape index (κ3) is 5.71. The van der Waals surface area contributed by atoms with E-state index in [-0.39, 0.29) is 0 Å². The maximum absolute atomic E-state index is 11.6. The van der Waals surface area contributed by atoms with Crippen molar-refractivity contribution in [2.45, 2.75) is 18.9 Å². The van der Waals surface area contributed by atoms with Gasteiger partial charge in [0, 0.05) is 25.1 Å². The molecule has 3 N–H and O–H groups in total. The lowest BCUT2D eigenvalue weighted by atomic mass is 10.2. The Bertz CT molecular complexity index is 394. The molecule has 0 bridgehead atoms. The second-order valence-electron chi connectivity index (χ2n) is 3.89. The summed E-state index contributed by atoms with van der Waals surface area (Å²) in [7, 11) is 1.62. The molecule has 106 valence electrons. The summed E-state index contributed by atoms with van der Waals surface area (Å²) in [6, 6.07) is 1.96.